The van der Waals surface area contributed by atoms with Gasteiger partial charge in [-0.25, -0.2) is 0 Å². The average Bonchev–Trinajstić information content (AvgIpc) is 2.25. The third-order valence-corrected chi connectivity index (χ3v) is 4.92. The topological polar surface area (TPSA) is 0 Å². The lowest BCUT2D eigenvalue weighted by molar-refractivity contribution is 0.307. The third kappa shape index (κ3) is 3.61. The van der Waals surface area contributed by atoms with Gasteiger partial charge in [0.1, 0.15) is 0 Å². The second-order valence-corrected chi connectivity index (χ2v) is 6.46. The summed E-state index contributed by atoms with van der Waals surface area (Å²) < 4.78 is 0. The fourth-order valence-corrected chi connectivity index (χ4v) is 2.91. The zero-order valence-electron chi connectivity index (χ0n) is 9.28. The number of hydrogen-bond acceptors (Lipinski definition) is 0. The molecular formula is C12H23Br. The highest BCUT2D eigenvalue weighted by molar-refractivity contribution is 9.09. The van der Waals surface area contributed by atoms with E-state index in [9.17, 15) is 0 Å². The molecule has 0 aliphatic heterocycles. The minimum Gasteiger partial charge on any atom is -0.0888 e. The van der Waals surface area contributed by atoms with Gasteiger partial charge in [0.2, 0.25) is 0 Å². The fourth-order valence-electron chi connectivity index (χ4n) is 2.38. The second-order valence-electron chi connectivity index (χ2n) is 5.28. The van der Waals surface area contributed by atoms with Crippen molar-refractivity contribution in [1.82, 2.24) is 0 Å². The molecule has 0 N–H and O–H groups in total. The SMILES string of the molecule is CCC(Br)C1CCCC(C)(C)CC1. The van der Waals surface area contributed by atoms with Crippen LogP contribution in [0.5, 0.6) is 0 Å². The molecule has 0 bridgehead atoms. The normalized spacial score (nSPS) is 30.9. The summed E-state index contributed by atoms with van der Waals surface area (Å²) in [6.07, 6.45) is 8.42. The Kier molecular flexibility index (Phi) is 4.28. The monoisotopic (exact) mass is 246 g/mol. The maximum atomic E-state index is 3.81. The van der Waals surface area contributed by atoms with E-state index in [2.05, 4.69) is 36.7 Å². The molecule has 13 heavy (non-hydrogen) atoms. The molecule has 0 saturated heterocycles. The molecule has 0 radical (unpaired) electrons. The summed E-state index contributed by atoms with van der Waals surface area (Å²) in [5, 5.41) is 0. The zero-order chi connectivity index (χ0) is 9.90. The van der Waals surface area contributed by atoms with Crippen molar-refractivity contribution >= 4 is 15.9 Å². The minimum atomic E-state index is 0.606. The van der Waals surface area contributed by atoms with Crippen molar-refractivity contribution in [2.45, 2.75) is 64.1 Å². The molecule has 1 fully saturated rings. The number of hydrogen-bond donors (Lipinski definition) is 0. The summed E-state index contributed by atoms with van der Waals surface area (Å²) in [5.74, 6) is 0.937. The maximum absolute atomic E-state index is 3.81. The highest BCUT2D eigenvalue weighted by Gasteiger charge is 2.26. The van der Waals surface area contributed by atoms with Crippen LogP contribution < -0.4 is 0 Å². The van der Waals surface area contributed by atoms with Crippen LogP contribution in [0.2, 0.25) is 0 Å². The van der Waals surface area contributed by atoms with Crippen LogP contribution in [0.4, 0.5) is 0 Å². The van der Waals surface area contributed by atoms with Crippen molar-refractivity contribution in [1.29, 1.82) is 0 Å². The molecule has 1 rings (SSSR count). The molecule has 2 unspecified atom stereocenters. The summed E-state index contributed by atoms with van der Waals surface area (Å²) in [5.41, 5.74) is 0.606. The highest BCUT2D eigenvalue weighted by atomic mass is 79.9. The molecule has 0 spiro atoms. The van der Waals surface area contributed by atoms with Gasteiger partial charge in [-0.05, 0) is 43.4 Å². The van der Waals surface area contributed by atoms with E-state index in [4.69, 9.17) is 0 Å². The third-order valence-electron chi connectivity index (χ3n) is 3.52. The van der Waals surface area contributed by atoms with Crippen molar-refractivity contribution in [2.75, 3.05) is 0 Å². The Balaban J connectivity index is 2.45. The Morgan fingerprint density at radius 2 is 2.00 bits per heavy atom. The first-order valence-corrected chi connectivity index (χ1v) is 6.61. The molecule has 78 valence electrons. The lowest BCUT2D eigenvalue weighted by atomic mass is 9.84. The van der Waals surface area contributed by atoms with Gasteiger partial charge < -0.3 is 0 Å². The largest absolute Gasteiger partial charge is 0.0888 e. The molecular weight excluding hydrogens is 224 g/mol. The van der Waals surface area contributed by atoms with E-state index >= 15 is 0 Å². The molecule has 0 nitrogen and oxygen atoms in total. The van der Waals surface area contributed by atoms with Crippen molar-refractivity contribution < 1.29 is 0 Å². The molecule has 2 atom stereocenters. The first kappa shape index (κ1) is 11.6. The zero-order valence-corrected chi connectivity index (χ0v) is 10.9. The summed E-state index contributed by atoms with van der Waals surface area (Å²) in [6, 6.07) is 0. The lowest BCUT2D eigenvalue weighted by Gasteiger charge is -2.23. The quantitative estimate of drug-likeness (QED) is 0.487. The second kappa shape index (κ2) is 4.82. The van der Waals surface area contributed by atoms with Crippen LogP contribution in [0.1, 0.15) is 59.3 Å². The van der Waals surface area contributed by atoms with Crippen LogP contribution in [0.3, 0.4) is 0 Å². The van der Waals surface area contributed by atoms with Crippen molar-refractivity contribution in [3.05, 3.63) is 0 Å². The van der Waals surface area contributed by atoms with E-state index in [1.807, 2.05) is 0 Å². The van der Waals surface area contributed by atoms with Crippen LogP contribution in [-0.4, -0.2) is 4.83 Å². The van der Waals surface area contributed by atoms with Crippen LogP contribution in [0, 0.1) is 11.3 Å². The van der Waals surface area contributed by atoms with Crippen molar-refractivity contribution in [2.24, 2.45) is 11.3 Å². The Bertz CT molecular complexity index is 151. The molecule has 1 heteroatoms. The first-order valence-electron chi connectivity index (χ1n) is 5.69. The van der Waals surface area contributed by atoms with Gasteiger partial charge in [0, 0.05) is 4.83 Å². The molecule has 0 aromatic rings. The van der Waals surface area contributed by atoms with Crippen molar-refractivity contribution in [3.8, 4) is 0 Å². The van der Waals surface area contributed by atoms with E-state index < -0.39 is 0 Å². The first-order chi connectivity index (χ1) is 6.05. The number of halogens is 1. The van der Waals surface area contributed by atoms with Gasteiger partial charge in [-0.3, -0.25) is 0 Å². The Hall–Kier alpha value is 0.480. The van der Waals surface area contributed by atoms with Crippen LogP contribution >= 0.6 is 15.9 Å². The number of rotatable bonds is 2. The van der Waals surface area contributed by atoms with Crippen LogP contribution in [0.25, 0.3) is 0 Å². The van der Waals surface area contributed by atoms with E-state index in [1.54, 1.807) is 0 Å². The summed E-state index contributed by atoms with van der Waals surface area (Å²) >= 11 is 3.81. The molecule has 0 amide bonds. The van der Waals surface area contributed by atoms with Gasteiger partial charge in [0.15, 0.2) is 0 Å². The summed E-state index contributed by atoms with van der Waals surface area (Å²) in [4.78, 5) is 0.765. The van der Waals surface area contributed by atoms with E-state index in [1.165, 1.54) is 38.5 Å². The standard InChI is InChI=1S/C12H23Br/c1-4-11(13)10-6-5-8-12(2,3)9-7-10/h10-11H,4-9H2,1-3H3. The smallest absolute Gasteiger partial charge is 0.0171 e. The van der Waals surface area contributed by atoms with Gasteiger partial charge in [0.25, 0.3) is 0 Å². The van der Waals surface area contributed by atoms with Gasteiger partial charge in [0.05, 0.1) is 0 Å². The highest BCUT2D eigenvalue weighted by Crippen LogP contribution is 2.39. The molecule has 1 aliphatic carbocycles. The van der Waals surface area contributed by atoms with Gasteiger partial charge >= 0.3 is 0 Å². The molecule has 1 saturated carbocycles. The average molecular weight is 247 g/mol. The predicted octanol–water partition coefficient (Wildman–Crippen LogP) is 4.77. The molecule has 1 aliphatic rings. The summed E-state index contributed by atoms with van der Waals surface area (Å²) in [6.45, 7) is 7.13. The van der Waals surface area contributed by atoms with Gasteiger partial charge in [-0.15, -0.1) is 0 Å². The van der Waals surface area contributed by atoms with Crippen LogP contribution in [0.15, 0.2) is 0 Å². The Morgan fingerprint density at radius 1 is 1.31 bits per heavy atom. The van der Waals surface area contributed by atoms with E-state index in [0.29, 0.717) is 5.41 Å². The van der Waals surface area contributed by atoms with Gasteiger partial charge in [-0.1, -0.05) is 43.1 Å². The Labute approximate surface area is 91.6 Å². The van der Waals surface area contributed by atoms with Gasteiger partial charge in [-0.2, -0.15) is 0 Å². The van der Waals surface area contributed by atoms with Crippen molar-refractivity contribution in [3.63, 3.8) is 0 Å². The predicted molar refractivity (Wildman–Crippen MR) is 63.4 cm³/mol. The number of alkyl halides is 1. The maximum Gasteiger partial charge on any atom is 0.0171 e. The summed E-state index contributed by atoms with van der Waals surface area (Å²) in [7, 11) is 0. The molecule has 0 aromatic carbocycles. The van der Waals surface area contributed by atoms with E-state index in [-0.39, 0.29) is 0 Å². The van der Waals surface area contributed by atoms with E-state index in [0.717, 1.165) is 10.7 Å². The lowest BCUT2D eigenvalue weighted by Crippen LogP contribution is -2.14. The minimum absolute atomic E-state index is 0.606. The molecule has 0 heterocycles. The fraction of sp³-hybridized carbons (Fsp3) is 1.00. The van der Waals surface area contributed by atoms with Crippen LogP contribution in [-0.2, 0) is 0 Å². The molecule has 0 aromatic heterocycles. The Morgan fingerprint density at radius 3 is 2.62 bits per heavy atom.